The number of fused-ring (bicyclic) bond motifs is 1. The Bertz CT molecular complexity index is 1060. The molecule has 3 aromatic rings. The summed E-state index contributed by atoms with van der Waals surface area (Å²) in [6.45, 7) is 1.77. The summed E-state index contributed by atoms with van der Waals surface area (Å²) in [5.74, 6) is -2.36. The van der Waals surface area contributed by atoms with Gasteiger partial charge in [-0.3, -0.25) is 0 Å². The molecule has 1 aliphatic carbocycles. The second kappa shape index (κ2) is 6.93. The second-order valence-electron chi connectivity index (χ2n) is 6.42. The highest BCUT2D eigenvalue weighted by Crippen LogP contribution is 2.46. The highest BCUT2D eigenvalue weighted by molar-refractivity contribution is 7.20. The summed E-state index contributed by atoms with van der Waals surface area (Å²) in [7, 11) is 0. The van der Waals surface area contributed by atoms with Gasteiger partial charge in [0.1, 0.15) is 11.6 Å². The molecule has 140 valence electrons. The van der Waals surface area contributed by atoms with E-state index >= 15 is 4.39 Å². The van der Waals surface area contributed by atoms with E-state index < -0.39 is 23.2 Å². The number of benzene rings is 2. The van der Waals surface area contributed by atoms with E-state index in [9.17, 15) is 13.9 Å². The lowest BCUT2D eigenvalue weighted by molar-refractivity contribution is 0.303. The Labute approximate surface area is 158 Å². The van der Waals surface area contributed by atoms with E-state index in [0.717, 1.165) is 30.9 Å². The van der Waals surface area contributed by atoms with Gasteiger partial charge in [-0.2, -0.15) is 0 Å². The molecule has 1 aliphatic rings. The van der Waals surface area contributed by atoms with Crippen LogP contribution in [0.3, 0.4) is 0 Å². The Morgan fingerprint density at radius 2 is 1.93 bits per heavy atom. The summed E-state index contributed by atoms with van der Waals surface area (Å²) in [6, 6.07) is 6.69. The second-order valence-corrected chi connectivity index (χ2v) is 7.48. The number of hydrogen-bond donors (Lipinski definition) is 1. The summed E-state index contributed by atoms with van der Waals surface area (Å²) in [4.78, 5) is 0.471. The molecule has 0 saturated heterocycles. The number of rotatable bonds is 4. The Kier molecular flexibility index (Phi) is 4.60. The van der Waals surface area contributed by atoms with Crippen molar-refractivity contribution in [3.05, 3.63) is 58.2 Å². The molecule has 1 heterocycles. The van der Waals surface area contributed by atoms with E-state index in [4.69, 9.17) is 4.74 Å². The van der Waals surface area contributed by atoms with Crippen molar-refractivity contribution in [1.82, 2.24) is 0 Å². The predicted octanol–water partition coefficient (Wildman–Crippen LogP) is 6.84. The number of halogens is 3. The van der Waals surface area contributed by atoms with Crippen LogP contribution in [-0.2, 0) is 0 Å². The predicted molar refractivity (Wildman–Crippen MR) is 102 cm³/mol. The molecule has 1 fully saturated rings. The molecular formula is C21H17F3O2S. The topological polar surface area (TPSA) is 29.5 Å². The molecule has 1 aromatic heterocycles. The largest absolute Gasteiger partial charge is 0.506 e. The van der Waals surface area contributed by atoms with Gasteiger partial charge in [-0.15, -0.1) is 11.3 Å². The molecular weight excluding hydrogens is 373 g/mol. The standard InChI is InChI=1S/C21H17F3O2S/c1-2-26-20-15(23)9-8-14(18(20)24)17-13-7-6-12(22)10-16(13)27-21(17)19(25)11-4-3-5-11/h6-10,25H,2-5H2,1H3. The highest BCUT2D eigenvalue weighted by Gasteiger charge is 2.26. The van der Waals surface area contributed by atoms with Crippen LogP contribution in [0.15, 0.2) is 35.9 Å². The van der Waals surface area contributed by atoms with Crippen LogP contribution in [-0.4, -0.2) is 11.7 Å². The molecule has 1 N–H and O–H groups in total. The van der Waals surface area contributed by atoms with Gasteiger partial charge in [0.25, 0.3) is 0 Å². The van der Waals surface area contributed by atoms with Crippen molar-refractivity contribution in [2.24, 2.45) is 0 Å². The van der Waals surface area contributed by atoms with Gasteiger partial charge in [0.15, 0.2) is 17.4 Å². The minimum Gasteiger partial charge on any atom is -0.506 e. The Balaban J connectivity index is 2.02. The van der Waals surface area contributed by atoms with Crippen molar-refractivity contribution in [2.45, 2.75) is 26.2 Å². The first-order valence-corrected chi connectivity index (χ1v) is 9.57. The number of thiophene rings is 1. The number of aliphatic hydroxyl groups is 1. The van der Waals surface area contributed by atoms with Gasteiger partial charge in [0.05, 0.1) is 11.5 Å². The van der Waals surface area contributed by atoms with Crippen LogP contribution >= 0.6 is 11.3 Å². The molecule has 4 rings (SSSR count). The summed E-state index contributed by atoms with van der Waals surface area (Å²) in [5.41, 5.74) is 1.46. The Hall–Kier alpha value is -2.47. The molecule has 6 heteroatoms. The van der Waals surface area contributed by atoms with E-state index in [1.807, 2.05) is 0 Å². The molecule has 2 nitrogen and oxygen atoms in total. The summed E-state index contributed by atoms with van der Waals surface area (Å²) in [6.07, 6.45) is 2.56. The summed E-state index contributed by atoms with van der Waals surface area (Å²) >= 11 is 1.20. The fourth-order valence-corrected chi connectivity index (χ4v) is 4.49. The average molecular weight is 390 g/mol. The molecule has 2 aromatic carbocycles. The lowest BCUT2D eigenvalue weighted by Crippen LogP contribution is -2.02. The van der Waals surface area contributed by atoms with Crippen LogP contribution in [0, 0.1) is 17.5 Å². The van der Waals surface area contributed by atoms with E-state index in [1.54, 1.807) is 13.0 Å². The molecule has 0 radical (unpaired) electrons. The molecule has 0 aliphatic heterocycles. The zero-order valence-electron chi connectivity index (χ0n) is 14.6. The van der Waals surface area contributed by atoms with E-state index in [1.165, 1.54) is 29.5 Å². The van der Waals surface area contributed by atoms with Crippen LogP contribution in [0.25, 0.3) is 27.0 Å². The van der Waals surface area contributed by atoms with Crippen molar-refractivity contribution in [1.29, 1.82) is 0 Å². The van der Waals surface area contributed by atoms with Gasteiger partial charge in [-0.25, -0.2) is 13.2 Å². The quantitative estimate of drug-likeness (QED) is 0.494. The van der Waals surface area contributed by atoms with Gasteiger partial charge in [0, 0.05) is 21.2 Å². The van der Waals surface area contributed by atoms with Gasteiger partial charge >= 0.3 is 0 Å². The first-order chi connectivity index (χ1) is 13.0. The Morgan fingerprint density at radius 3 is 2.59 bits per heavy atom. The normalized spacial score (nSPS) is 13.7. The maximum Gasteiger partial charge on any atom is 0.191 e. The first kappa shape index (κ1) is 17.9. The SMILES string of the molecule is CCOc1c(F)ccc(-c2c(C(O)=C3CCC3)sc3cc(F)ccc23)c1F. The van der Waals surface area contributed by atoms with Crippen LogP contribution in [0.2, 0.25) is 0 Å². The lowest BCUT2D eigenvalue weighted by atomic mass is 9.89. The fraction of sp³-hybridized carbons (Fsp3) is 0.238. The maximum atomic E-state index is 15.1. The molecule has 0 bridgehead atoms. The monoisotopic (exact) mass is 390 g/mol. The number of hydrogen-bond acceptors (Lipinski definition) is 3. The lowest BCUT2D eigenvalue weighted by Gasteiger charge is -2.19. The third kappa shape index (κ3) is 2.98. The zero-order chi connectivity index (χ0) is 19.1. The van der Waals surface area contributed by atoms with Gasteiger partial charge in [0.2, 0.25) is 0 Å². The zero-order valence-corrected chi connectivity index (χ0v) is 15.4. The molecule has 0 atom stereocenters. The van der Waals surface area contributed by atoms with E-state index in [2.05, 4.69) is 0 Å². The van der Waals surface area contributed by atoms with Crippen molar-refractivity contribution >= 4 is 27.2 Å². The number of aliphatic hydroxyl groups excluding tert-OH is 1. The third-order valence-electron chi connectivity index (χ3n) is 4.77. The average Bonchev–Trinajstić information content (AvgIpc) is 2.95. The van der Waals surface area contributed by atoms with Crippen LogP contribution in [0.5, 0.6) is 5.75 Å². The van der Waals surface area contributed by atoms with Gasteiger partial charge in [-0.1, -0.05) is 0 Å². The highest BCUT2D eigenvalue weighted by atomic mass is 32.1. The van der Waals surface area contributed by atoms with Crippen LogP contribution < -0.4 is 4.74 Å². The van der Waals surface area contributed by atoms with Crippen LogP contribution in [0.1, 0.15) is 31.1 Å². The summed E-state index contributed by atoms with van der Waals surface area (Å²) in [5, 5.41) is 11.3. The summed E-state index contributed by atoms with van der Waals surface area (Å²) < 4.78 is 48.5. The Morgan fingerprint density at radius 1 is 1.15 bits per heavy atom. The fourth-order valence-electron chi connectivity index (χ4n) is 3.26. The molecule has 0 spiro atoms. The first-order valence-electron chi connectivity index (χ1n) is 8.75. The van der Waals surface area contributed by atoms with Gasteiger partial charge < -0.3 is 9.84 Å². The minimum absolute atomic E-state index is 0.111. The molecule has 0 unspecified atom stereocenters. The molecule has 0 amide bonds. The van der Waals surface area contributed by atoms with Crippen LogP contribution in [0.4, 0.5) is 13.2 Å². The van der Waals surface area contributed by atoms with Crippen molar-refractivity contribution in [3.8, 4) is 16.9 Å². The van der Waals surface area contributed by atoms with Crippen molar-refractivity contribution in [2.75, 3.05) is 6.61 Å². The smallest absolute Gasteiger partial charge is 0.191 e. The van der Waals surface area contributed by atoms with E-state index in [0.29, 0.717) is 20.5 Å². The van der Waals surface area contributed by atoms with E-state index in [-0.39, 0.29) is 17.9 Å². The third-order valence-corrected chi connectivity index (χ3v) is 5.93. The maximum absolute atomic E-state index is 15.1. The number of ether oxygens (including phenoxy) is 1. The van der Waals surface area contributed by atoms with Gasteiger partial charge in [-0.05, 0) is 62.1 Å². The molecule has 27 heavy (non-hydrogen) atoms. The van der Waals surface area contributed by atoms with Crippen molar-refractivity contribution in [3.63, 3.8) is 0 Å². The number of allylic oxidation sites excluding steroid dienone is 1. The molecule has 1 saturated carbocycles. The van der Waals surface area contributed by atoms with Crippen molar-refractivity contribution < 1.29 is 23.0 Å². The minimum atomic E-state index is -0.825.